The summed E-state index contributed by atoms with van der Waals surface area (Å²) in [5.74, 6) is 1.12. The van der Waals surface area contributed by atoms with Crippen LogP contribution in [-0.4, -0.2) is 35.9 Å². The molecule has 4 heteroatoms. The van der Waals surface area contributed by atoms with E-state index in [1.165, 1.54) is 5.57 Å². The normalized spacial score (nSPS) is 26.1. The molecule has 114 valence electrons. The minimum absolute atomic E-state index is 0.0373. The van der Waals surface area contributed by atoms with Gasteiger partial charge < -0.3 is 9.72 Å². The van der Waals surface area contributed by atoms with Crippen LogP contribution in [-0.2, 0) is 6.54 Å². The van der Waals surface area contributed by atoms with E-state index in [0.717, 1.165) is 54.0 Å². The van der Waals surface area contributed by atoms with Gasteiger partial charge in [-0.05, 0) is 43.7 Å². The number of piperidine rings is 1. The number of benzene rings is 1. The average molecular weight is 296 g/mol. The summed E-state index contributed by atoms with van der Waals surface area (Å²) in [5, 5.41) is 1.11. The predicted octanol–water partition coefficient (Wildman–Crippen LogP) is 3.14. The number of Topliss-reactive ketones (excluding diaryl/α,β-unsaturated/α-hetero) is 1. The van der Waals surface area contributed by atoms with Crippen LogP contribution in [0.15, 0.2) is 29.8 Å². The molecule has 1 fully saturated rings. The Labute approximate surface area is 129 Å². The van der Waals surface area contributed by atoms with Crippen molar-refractivity contribution in [3.63, 3.8) is 0 Å². The molecular weight excluding hydrogens is 276 g/mol. The van der Waals surface area contributed by atoms with E-state index < -0.39 is 0 Å². The van der Waals surface area contributed by atoms with Crippen molar-refractivity contribution >= 4 is 16.7 Å². The molecule has 1 N–H and O–H groups in total. The second-order valence-corrected chi connectivity index (χ2v) is 6.17. The summed E-state index contributed by atoms with van der Waals surface area (Å²) in [6, 6.07) is 5.97. The standard InChI is InChI=1S/C18H20N2O2/c1-3-11-9-20-7-6-13(11)18(21)17-15(10-20)14-8-12(22-2)4-5-16(14)19-17/h3-5,8,13,19H,6-7,9-10H2,1-2H3/b11-3-/t13-/m0/s1. The minimum atomic E-state index is 0.0373. The monoisotopic (exact) mass is 296 g/mol. The van der Waals surface area contributed by atoms with Gasteiger partial charge in [-0.25, -0.2) is 0 Å². The first-order valence-electron chi connectivity index (χ1n) is 7.81. The highest BCUT2D eigenvalue weighted by Gasteiger charge is 2.35. The summed E-state index contributed by atoms with van der Waals surface area (Å²) in [7, 11) is 1.67. The number of fused-ring (bicyclic) bond motifs is 3. The van der Waals surface area contributed by atoms with Gasteiger partial charge in [-0.15, -0.1) is 0 Å². The summed E-state index contributed by atoms with van der Waals surface area (Å²) in [6.45, 7) is 4.75. The molecule has 3 aliphatic rings. The van der Waals surface area contributed by atoms with E-state index in [1.807, 2.05) is 25.1 Å². The Bertz CT molecular complexity index is 788. The largest absolute Gasteiger partial charge is 0.497 e. The number of methoxy groups -OCH3 is 1. The molecule has 2 atom stereocenters. The highest BCUT2D eigenvalue weighted by Crippen LogP contribution is 2.36. The van der Waals surface area contributed by atoms with E-state index >= 15 is 0 Å². The van der Waals surface area contributed by atoms with Crippen molar-refractivity contribution in [2.75, 3.05) is 20.2 Å². The SMILES string of the molecule is C/C=C1/CN2CC[C@@H]1C(=O)c1[nH]c3ccc(OC)cc3c1C2. The zero-order valence-corrected chi connectivity index (χ0v) is 13.0. The molecule has 5 rings (SSSR count). The first kappa shape index (κ1) is 13.6. The van der Waals surface area contributed by atoms with E-state index in [0.29, 0.717) is 0 Å². The second kappa shape index (κ2) is 4.99. The molecule has 2 aromatic rings. The maximum atomic E-state index is 13.0. The molecule has 1 aromatic carbocycles. The molecule has 2 bridgehead atoms. The third-order valence-corrected chi connectivity index (χ3v) is 5.02. The number of H-pyrrole nitrogens is 1. The van der Waals surface area contributed by atoms with Crippen LogP contribution in [0.1, 0.15) is 29.4 Å². The quantitative estimate of drug-likeness (QED) is 0.822. The minimum Gasteiger partial charge on any atom is -0.497 e. The van der Waals surface area contributed by atoms with Crippen molar-refractivity contribution in [2.45, 2.75) is 19.9 Å². The molecule has 0 spiro atoms. The number of aromatic amines is 1. The molecule has 3 aliphatic heterocycles. The highest BCUT2D eigenvalue weighted by molar-refractivity contribution is 6.05. The molecule has 1 saturated heterocycles. The van der Waals surface area contributed by atoms with Crippen molar-refractivity contribution < 1.29 is 9.53 Å². The second-order valence-electron chi connectivity index (χ2n) is 6.17. The van der Waals surface area contributed by atoms with Gasteiger partial charge in [0.2, 0.25) is 0 Å². The number of rotatable bonds is 1. The molecule has 4 heterocycles. The summed E-state index contributed by atoms with van der Waals surface area (Å²) in [5.41, 5.74) is 4.19. The first-order chi connectivity index (χ1) is 10.7. The number of allylic oxidation sites excluding steroid dienone is 1. The molecule has 1 unspecified atom stereocenters. The number of nitrogens with one attached hydrogen (secondary N) is 1. The predicted molar refractivity (Wildman–Crippen MR) is 86.3 cm³/mol. The number of hydrogen-bond donors (Lipinski definition) is 1. The van der Waals surface area contributed by atoms with Gasteiger partial charge in [0.15, 0.2) is 5.78 Å². The maximum Gasteiger partial charge on any atom is 0.186 e. The fourth-order valence-corrected chi connectivity index (χ4v) is 3.80. The van der Waals surface area contributed by atoms with Crippen LogP contribution in [0.3, 0.4) is 0 Å². The van der Waals surface area contributed by atoms with Gasteiger partial charge in [0.25, 0.3) is 0 Å². The van der Waals surface area contributed by atoms with Crippen LogP contribution in [0, 0.1) is 5.92 Å². The van der Waals surface area contributed by atoms with Crippen LogP contribution in [0.25, 0.3) is 10.9 Å². The third-order valence-electron chi connectivity index (χ3n) is 5.02. The number of nitrogens with zero attached hydrogens (tertiary/aromatic N) is 1. The number of ketones is 1. The Morgan fingerprint density at radius 3 is 3.00 bits per heavy atom. The van der Waals surface area contributed by atoms with E-state index in [4.69, 9.17) is 4.74 Å². The van der Waals surface area contributed by atoms with Crippen LogP contribution in [0.5, 0.6) is 5.75 Å². The number of aromatic nitrogens is 1. The molecule has 22 heavy (non-hydrogen) atoms. The van der Waals surface area contributed by atoms with E-state index in [1.54, 1.807) is 7.11 Å². The van der Waals surface area contributed by atoms with Crippen LogP contribution >= 0.6 is 0 Å². The fourth-order valence-electron chi connectivity index (χ4n) is 3.80. The van der Waals surface area contributed by atoms with Gasteiger partial charge in [-0.2, -0.15) is 0 Å². The summed E-state index contributed by atoms with van der Waals surface area (Å²) in [4.78, 5) is 18.8. The first-order valence-corrected chi connectivity index (χ1v) is 7.81. The fraction of sp³-hybridized carbons (Fsp3) is 0.389. The Kier molecular flexibility index (Phi) is 3.08. The van der Waals surface area contributed by atoms with Gasteiger partial charge in [0.1, 0.15) is 5.75 Å². The number of carbonyl (C=O) groups excluding carboxylic acids is 1. The van der Waals surface area contributed by atoms with Crippen molar-refractivity contribution in [2.24, 2.45) is 5.92 Å². The van der Waals surface area contributed by atoms with Gasteiger partial charge in [-0.1, -0.05) is 6.08 Å². The lowest BCUT2D eigenvalue weighted by Gasteiger charge is -2.36. The average Bonchev–Trinajstić information content (AvgIpc) is 2.89. The van der Waals surface area contributed by atoms with Gasteiger partial charge in [-0.3, -0.25) is 9.69 Å². The summed E-state index contributed by atoms with van der Waals surface area (Å²) in [6.07, 6.45) is 3.04. The third kappa shape index (κ3) is 1.91. The van der Waals surface area contributed by atoms with Gasteiger partial charge in [0.05, 0.1) is 12.8 Å². The number of ether oxygens (including phenoxy) is 1. The molecule has 0 aliphatic carbocycles. The summed E-state index contributed by atoms with van der Waals surface area (Å²) >= 11 is 0. The molecular formula is C18H20N2O2. The molecule has 0 radical (unpaired) electrons. The van der Waals surface area contributed by atoms with Crippen molar-refractivity contribution in [1.29, 1.82) is 0 Å². The van der Waals surface area contributed by atoms with Crippen LogP contribution in [0.4, 0.5) is 0 Å². The molecule has 0 saturated carbocycles. The topological polar surface area (TPSA) is 45.3 Å². The maximum absolute atomic E-state index is 13.0. The highest BCUT2D eigenvalue weighted by atomic mass is 16.5. The van der Waals surface area contributed by atoms with E-state index in [9.17, 15) is 4.79 Å². The lowest BCUT2D eigenvalue weighted by molar-refractivity contribution is 0.0875. The van der Waals surface area contributed by atoms with Crippen LogP contribution in [0.2, 0.25) is 0 Å². The van der Waals surface area contributed by atoms with E-state index in [-0.39, 0.29) is 11.7 Å². The van der Waals surface area contributed by atoms with E-state index in [2.05, 4.69) is 16.0 Å². The Morgan fingerprint density at radius 2 is 2.23 bits per heavy atom. The van der Waals surface area contributed by atoms with Gasteiger partial charge >= 0.3 is 0 Å². The zero-order chi connectivity index (χ0) is 15.3. The number of hydrogen-bond acceptors (Lipinski definition) is 3. The lowest BCUT2D eigenvalue weighted by Crippen LogP contribution is -2.40. The Balaban J connectivity index is 1.92. The van der Waals surface area contributed by atoms with Crippen molar-refractivity contribution in [3.05, 3.63) is 41.1 Å². The van der Waals surface area contributed by atoms with Crippen molar-refractivity contribution in [1.82, 2.24) is 9.88 Å². The zero-order valence-electron chi connectivity index (χ0n) is 13.0. The molecule has 0 amide bonds. The number of carbonyl (C=O) groups is 1. The Morgan fingerprint density at radius 1 is 1.36 bits per heavy atom. The smallest absolute Gasteiger partial charge is 0.186 e. The summed E-state index contributed by atoms with van der Waals surface area (Å²) < 4.78 is 5.34. The molecule has 1 aromatic heterocycles. The Hall–Kier alpha value is -2.07. The van der Waals surface area contributed by atoms with Crippen molar-refractivity contribution in [3.8, 4) is 5.75 Å². The molecule has 4 nitrogen and oxygen atoms in total. The van der Waals surface area contributed by atoms with Gasteiger partial charge in [0, 0.05) is 35.5 Å². The lowest BCUT2D eigenvalue weighted by atomic mass is 9.83. The van der Waals surface area contributed by atoms with Crippen LogP contribution < -0.4 is 4.74 Å².